The number of allylic oxidation sites excluding steroid dienone is 5. The van der Waals surface area contributed by atoms with Crippen molar-refractivity contribution in [3.8, 4) is 5.75 Å². The zero-order valence-corrected chi connectivity index (χ0v) is 20.7. The van der Waals surface area contributed by atoms with Crippen LogP contribution in [0.25, 0.3) is 0 Å². The van der Waals surface area contributed by atoms with E-state index in [-0.39, 0.29) is 23.5 Å². The fourth-order valence-electron chi connectivity index (χ4n) is 5.35. The molecule has 0 saturated carbocycles. The third kappa shape index (κ3) is 4.42. The summed E-state index contributed by atoms with van der Waals surface area (Å²) in [4.78, 5) is 15.0. The first-order valence-corrected chi connectivity index (χ1v) is 12.9. The number of carbonyl (C=O) groups is 1. The second-order valence-corrected chi connectivity index (χ2v) is 10.9. The lowest BCUT2D eigenvalue weighted by Crippen LogP contribution is -2.31. The molecular formula is C27H29F2NO4S. The molecule has 5 nitrogen and oxygen atoms in total. The first-order chi connectivity index (χ1) is 16.8. The highest BCUT2D eigenvalue weighted by molar-refractivity contribution is 8.03. The van der Waals surface area contributed by atoms with Crippen molar-refractivity contribution in [2.75, 3.05) is 0 Å². The smallest absolute Gasteiger partial charge is 0.387 e. The number of halogens is 2. The molecule has 1 fully saturated rings. The van der Waals surface area contributed by atoms with Crippen molar-refractivity contribution in [2.24, 2.45) is 11.8 Å². The molecule has 0 radical (unpaired) electrons. The number of ether oxygens (including phenoxy) is 2. The highest BCUT2D eigenvalue weighted by Gasteiger charge is 2.55. The molecule has 0 bridgehead atoms. The standard InChI is InChI=1S/C27H29F2NO4S/c1-14(2)24-25(34-24)21-22(19-6-4-5-7-20(19)33-27(28)29)30(26(32)23(21)31)17-10-8-16(9-11-17)18-12-13-35-15(18)3/h4-8,10,12-15,18,22,24-25,27,31H,9,11H2,1-3H3. The van der Waals surface area contributed by atoms with E-state index in [0.717, 1.165) is 12.1 Å². The lowest BCUT2D eigenvalue weighted by molar-refractivity contribution is -0.127. The van der Waals surface area contributed by atoms with Crippen molar-refractivity contribution >= 4 is 17.7 Å². The molecule has 4 aliphatic rings. The number of aliphatic hydroxyl groups is 1. The van der Waals surface area contributed by atoms with Gasteiger partial charge in [-0.1, -0.05) is 56.7 Å². The molecule has 1 aromatic rings. The van der Waals surface area contributed by atoms with Gasteiger partial charge in [0.15, 0.2) is 5.76 Å². The van der Waals surface area contributed by atoms with Crippen LogP contribution in [0.5, 0.6) is 5.75 Å². The summed E-state index contributed by atoms with van der Waals surface area (Å²) in [5.41, 5.74) is 2.85. The first kappa shape index (κ1) is 24.1. The minimum Gasteiger partial charge on any atom is -0.503 e. The van der Waals surface area contributed by atoms with E-state index < -0.39 is 24.7 Å². The van der Waals surface area contributed by atoms with Gasteiger partial charge in [-0.15, -0.1) is 11.8 Å². The Morgan fingerprint density at radius 2 is 1.97 bits per heavy atom. The molecule has 35 heavy (non-hydrogen) atoms. The fourth-order valence-corrected chi connectivity index (χ4v) is 6.29. The van der Waals surface area contributed by atoms with Gasteiger partial charge >= 0.3 is 6.61 Å². The van der Waals surface area contributed by atoms with Crippen LogP contribution in [-0.4, -0.2) is 40.0 Å². The molecule has 1 amide bonds. The summed E-state index contributed by atoms with van der Waals surface area (Å²) in [5, 5.41) is 13.6. The van der Waals surface area contributed by atoms with E-state index >= 15 is 0 Å². The van der Waals surface area contributed by atoms with E-state index in [1.54, 1.807) is 18.2 Å². The third-order valence-corrected chi connectivity index (χ3v) is 8.19. The average molecular weight is 502 g/mol. The molecule has 1 aliphatic carbocycles. The second kappa shape index (κ2) is 9.47. The Morgan fingerprint density at radius 1 is 1.20 bits per heavy atom. The zero-order valence-electron chi connectivity index (χ0n) is 19.9. The Bertz CT molecular complexity index is 1140. The largest absolute Gasteiger partial charge is 0.503 e. The van der Waals surface area contributed by atoms with Crippen molar-refractivity contribution in [1.82, 2.24) is 4.90 Å². The van der Waals surface area contributed by atoms with Crippen molar-refractivity contribution in [2.45, 2.75) is 63.7 Å². The predicted molar refractivity (Wildman–Crippen MR) is 131 cm³/mol. The highest BCUT2D eigenvalue weighted by Crippen LogP contribution is 2.51. The molecular weight excluding hydrogens is 472 g/mol. The maximum absolute atomic E-state index is 13.4. The van der Waals surface area contributed by atoms with Crippen molar-refractivity contribution in [1.29, 1.82) is 0 Å². The summed E-state index contributed by atoms with van der Waals surface area (Å²) in [6.45, 7) is 3.20. The van der Waals surface area contributed by atoms with Crippen LogP contribution in [-0.2, 0) is 9.53 Å². The minimum atomic E-state index is -3.01. The number of hydrogen-bond donors (Lipinski definition) is 1. The second-order valence-electron chi connectivity index (χ2n) is 9.66. The molecule has 0 spiro atoms. The molecule has 1 saturated heterocycles. The van der Waals surface area contributed by atoms with E-state index in [0.29, 0.717) is 28.7 Å². The number of aliphatic hydroxyl groups excluding tert-OH is 1. The van der Waals surface area contributed by atoms with Gasteiger partial charge in [0.05, 0.1) is 12.1 Å². The Morgan fingerprint density at radius 3 is 2.57 bits per heavy atom. The normalized spacial score (nSPS) is 30.4. The van der Waals surface area contributed by atoms with Crippen molar-refractivity contribution < 1.29 is 28.2 Å². The quantitative estimate of drug-likeness (QED) is 0.446. The fraction of sp³-hybridized carbons (Fsp3) is 0.444. The number of para-hydroxylation sites is 1. The minimum absolute atomic E-state index is 0.0196. The first-order valence-electron chi connectivity index (χ1n) is 12.0. The third-order valence-electron chi connectivity index (χ3n) is 7.15. The van der Waals surface area contributed by atoms with Crippen LogP contribution in [0.1, 0.15) is 45.2 Å². The lowest BCUT2D eigenvalue weighted by atomic mass is 9.88. The van der Waals surface area contributed by atoms with E-state index in [1.807, 2.05) is 31.7 Å². The Balaban J connectivity index is 1.55. The van der Waals surface area contributed by atoms with E-state index in [4.69, 9.17) is 9.47 Å². The SMILES string of the molecule is CC(C)C1OC1C1=C(O)C(=O)N(C2=CC=C(C3C=CSC3C)CC2)C1c1ccccc1OC(F)F. The van der Waals surface area contributed by atoms with Crippen LogP contribution >= 0.6 is 11.8 Å². The molecule has 0 aromatic heterocycles. The van der Waals surface area contributed by atoms with Gasteiger partial charge in [-0.3, -0.25) is 9.69 Å². The van der Waals surface area contributed by atoms with Crippen LogP contribution in [0, 0.1) is 11.8 Å². The number of rotatable bonds is 7. The van der Waals surface area contributed by atoms with Gasteiger partial charge < -0.3 is 14.6 Å². The van der Waals surface area contributed by atoms with E-state index in [9.17, 15) is 18.7 Å². The maximum Gasteiger partial charge on any atom is 0.387 e. The van der Waals surface area contributed by atoms with Gasteiger partial charge in [-0.2, -0.15) is 8.78 Å². The topological polar surface area (TPSA) is 62.3 Å². The van der Waals surface area contributed by atoms with Gasteiger partial charge in [0.25, 0.3) is 5.91 Å². The van der Waals surface area contributed by atoms with E-state index in [2.05, 4.69) is 24.5 Å². The summed E-state index contributed by atoms with van der Waals surface area (Å²) in [7, 11) is 0. The Labute approximate surface area is 208 Å². The molecule has 5 atom stereocenters. The zero-order chi connectivity index (χ0) is 24.9. The summed E-state index contributed by atoms with van der Waals surface area (Å²) >= 11 is 1.81. The molecule has 186 valence electrons. The number of hydrogen-bond acceptors (Lipinski definition) is 5. The lowest BCUT2D eigenvalue weighted by Gasteiger charge is -2.32. The van der Waals surface area contributed by atoms with E-state index in [1.165, 1.54) is 16.5 Å². The predicted octanol–water partition coefficient (Wildman–Crippen LogP) is 6.28. The number of alkyl halides is 2. The summed E-state index contributed by atoms with van der Waals surface area (Å²) in [5.74, 6) is -0.390. The van der Waals surface area contributed by atoms with Crippen LogP contribution in [0.4, 0.5) is 8.78 Å². The molecule has 1 N–H and O–H groups in total. The highest BCUT2D eigenvalue weighted by atomic mass is 32.2. The Hall–Kier alpha value is -2.58. The molecule has 1 aromatic carbocycles. The molecule has 8 heteroatoms. The van der Waals surface area contributed by atoms with Crippen LogP contribution < -0.4 is 4.74 Å². The number of benzene rings is 1. The van der Waals surface area contributed by atoms with Crippen molar-refractivity contribution in [3.63, 3.8) is 0 Å². The van der Waals surface area contributed by atoms with Crippen LogP contribution in [0.3, 0.4) is 0 Å². The van der Waals surface area contributed by atoms with Crippen LogP contribution in [0.2, 0.25) is 0 Å². The molecule has 3 heterocycles. The van der Waals surface area contributed by atoms with Gasteiger partial charge in [-0.05, 0) is 36.3 Å². The number of carbonyl (C=O) groups excluding carboxylic acids is 1. The Kier molecular flexibility index (Phi) is 6.53. The van der Waals surface area contributed by atoms with Crippen molar-refractivity contribution in [3.05, 3.63) is 76.1 Å². The number of epoxide rings is 1. The maximum atomic E-state index is 13.4. The van der Waals surface area contributed by atoms with Gasteiger partial charge in [0.2, 0.25) is 0 Å². The van der Waals surface area contributed by atoms with Crippen LogP contribution in [0.15, 0.2) is 70.5 Å². The summed E-state index contributed by atoms with van der Waals surface area (Å²) in [6.07, 6.45) is 6.98. The number of amides is 1. The monoisotopic (exact) mass is 501 g/mol. The molecule has 3 aliphatic heterocycles. The molecule has 5 unspecified atom stereocenters. The summed E-state index contributed by atoms with van der Waals surface area (Å²) < 4.78 is 37.2. The summed E-state index contributed by atoms with van der Waals surface area (Å²) in [6, 6.07) is 5.67. The molecule has 5 rings (SSSR count). The number of thioether (sulfide) groups is 1. The average Bonchev–Trinajstić information content (AvgIpc) is 3.44. The van der Waals surface area contributed by atoms with Gasteiger partial charge in [-0.25, -0.2) is 0 Å². The number of nitrogens with zero attached hydrogens (tertiary/aromatic N) is 1. The van der Waals surface area contributed by atoms with Gasteiger partial charge in [0, 0.05) is 28.0 Å². The van der Waals surface area contributed by atoms with Gasteiger partial charge in [0.1, 0.15) is 11.9 Å².